The van der Waals surface area contributed by atoms with E-state index in [1.54, 1.807) is 10.6 Å². The zero-order valence-electron chi connectivity index (χ0n) is 11.3. The summed E-state index contributed by atoms with van der Waals surface area (Å²) in [5, 5.41) is 0. The van der Waals surface area contributed by atoms with Crippen molar-refractivity contribution in [3.8, 4) is 0 Å². The maximum atomic E-state index is 13.4. The number of nitrogens with zero attached hydrogens (tertiary/aromatic N) is 2. The molecule has 1 aliphatic heterocycles. The lowest BCUT2D eigenvalue weighted by molar-refractivity contribution is 0.191. The molecule has 0 saturated carbocycles. The van der Waals surface area contributed by atoms with Gasteiger partial charge in [0.05, 0.1) is 11.0 Å². The normalized spacial score (nSPS) is 17.9. The number of aromatic nitrogens is 2. The Morgan fingerprint density at radius 2 is 2.10 bits per heavy atom. The lowest BCUT2D eigenvalue weighted by atomic mass is 10.0. The van der Waals surface area contributed by atoms with E-state index in [1.807, 2.05) is 0 Å². The van der Waals surface area contributed by atoms with Gasteiger partial charge in [-0.25, -0.2) is 9.18 Å². The van der Waals surface area contributed by atoms with E-state index in [0.717, 1.165) is 32.5 Å². The number of hydrogen-bond acceptors (Lipinski definition) is 3. The molecule has 3 rings (SSSR count). The Labute approximate surface area is 116 Å². The zero-order chi connectivity index (χ0) is 14.1. The summed E-state index contributed by atoms with van der Waals surface area (Å²) in [4.78, 5) is 17.2. The number of piperidine rings is 1. The number of imidazole rings is 1. The standard InChI is InChI=1S/C14H19FN4O/c15-10-1-2-12-13(9-10)19(14(20)17-12)11-3-6-18(7-4-11)8-5-16/h1-2,9,11H,3-8,16H2,(H,17,20). The Morgan fingerprint density at radius 1 is 1.35 bits per heavy atom. The van der Waals surface area contributed by atoms with E-state index in [2.05, 4.69) is 9.88 Å². The number of rotatable bonds is 3. The van der Waals surface area contributed by atoms with Crippen molar-refractivity contribution in [1.82, 2.24) is 14.5 Å². The fraction of sp³-hybridized carbons (Fsp3) is 0.500. The van der Waals surface area contributed by atoms with Gasteiger partial charge in [-0.05, 0) is 31.0 Å². The third-order valence-electron chi connectivity index (χ3n) is 4.05. The highest BCUT2D eigenvalue weighted by molar-refractivity contribution is 5.75. The maximum absolute atomic E-state index is 13.4. The first-order valence-electron chi connectivity index (χ1n) is 7.01. The van der Waals surface area contributed by atoms with E-state index >= 15 is 0 Å². The molecule has 6 heteroatoms. The van der Waals surface area contributed by atoms with Crippen molar-refractivity contribution in [2.45, 2.75) is 18.9 Å². The van der Waals surface area contributed by atoms with Gasteiger partial charge < -0.3 is 15.6 Å². The SMILES string of the molecule is NCCN1CCC(n2c(=O)[nH]c3ccc(F)cc32)CC1. The van der Waals surface area contributed by atoms with Crippen LogP contribution in [0.3, 0.4) is 0 Å². The first-order chi connectivity index (χ1) is 9.69. The van der Waals surface area contributed by atoms with Crippen LogP contribution in [-0.2, 0) is 0 Å². The van der Waals surface area contributed by atoms with Crippen LogP contribution >= 0.6 is 0 Å². The van der Waals surface area contributed by atoms with Gasteiger partial charge in [-0.1, -0.05) is 0 Å². The van der Waals surface area contributed by atoms with Crippen molar-refractivity contribution in [3.05, 3.63) is 34.5 Å². The molecular formula is C14H19FN4O. The fourth-order valence-corrected chi connectivity index (χ4v) is 3.04. The zero-order valence-corrected chi connectivity index (χ0v) is 11.3. The topological polar surface area (TPSA) is 67.0 Å². The van der Waals surface area contributed by atoms with Crippen LogP contribution in [0.25, 0.3) is 11.0 Å². The van der Waals surface area contributed by atoms with Crippen molar-refractivity contribution < 1.29 is 4.39 Å². The second-order valence-electron chi connectivity index (χ2n) is 5.32. The molecule has 1 fully saturated rings. The van der Waals surface area contributed by atoms with Crippen molar-refractivity contribution in [2.24, 2.45) is 5.73 Å². The molecule has 0 amide bonds. The summed E-state index contributed by atoms with van der Waals surface area (Å²) in [7, 11) is 0. The van der Waals surface area contributed by atoms with E-state index < -0.39 is 0 Å². The molecule has 0 spiro atoms. The molecule has 108 valence electrons. The maximum Gasteiger partial charge on any atom is 0.326 e. The fourth-order valence-electron chi connectivity index (χ4n) is 3.04. The van der Waals surface area contributed by atoms with Crippen molar-refractivity contribution in [2.75, 3.05) is 26.2 Å². The lowest BCUT2D eigenvalue weighted by Gasteiger charge is -2.32. The van der Waals surface area contributed by atoms with Gasteiger partial charge in [0.15, 0.2) is 0 Å². The quantitative estimate of drug-likeness (QED) is 0.882. The monoisotopic (exact) mass is 278 g/mol. The number of nitrogens with two attached hydrogens (primary N) is 1. The van der Waals surface area contributed by atoms with Gasteiger partial charge in [-0.3, -0.25) is 4.57 Å². The van der Waals surface area contributed by atoms with Crippen LogP contribution in [0.2, 0.25) is 0 Å². The van der Waals surface area contributed by atoms with Crippen LogP contribution in [0.4, 0.5) is 4.39 Å². The minimum absolute atomic E-state index is 0.132. The Bertz CT molecular complexity index is 655. The number of benzene rings is 1. The number of H-pyrrole nitrogens is 1. The van der Waals surface area contributed by atoms with Crippen molar-refractivity contribution >= 4 is 11.0 Å². The predicted molar refractivity (Wildman–Crippen MR) is 76.3 cm³/mol. The Kier molecular flexibility index (Phi) is 3.58. The van der Waals surface area contributed by atoms with Gasteiger partial charge in [-0.2, -0.15) is 0 Å². The van der Waals surface area contributed by atoms with Gasteiger partial charge in [-0.15, -0.1) is 0 Å². The molecular weight excluding hydrogens is 259 g/mol. The van der Waals surface area contributed by atoms with Crippen LogP contribution in [0, 0.1) is 5.82 Å². The number of halogens is 1. The molecule has 0 aliphatic carbocycles. The first kappa shape index (κ1) is 13.3. The third kappa shape index (κ3) is 2.36. The summed E-state index contributed by atoms with van der Waals surface area (Å²) in [6, 6.07) is 4.55. The summed E-state index contributed by atoms with van der Waals surface area (Å²) in [6.07, 6.45) is 1.78. The van der Waals surface area contributed by atoms with Crippen molar-refractivity contribution in [3.63, 3.8) is 0 Å². The van der Waals surface area contributed by atoms with E-state index in [-0.39, 0.29) is 17.5 Å². The number of fused-ring (bicyclic) bond motifs is 1. The summed E-state index contributed by atoms with van der Waals surface area (Å²) in [6.45, 7) is 3.40. The molecule has 0 unspecified atom stereocenters. The van der Waals surface area contributed by atoms with Gasteiger partial charge in [0.25, 0.3) is 0 Å². The van der Waals surface area contributed by atoms with Gasteiger partial charge in [0.1, 0.15) is 5.82 Å². The van der Waals surface area contributed by atoms with Crippen LogP contribution in [0.15, 0.2) is 23.0 Å². The van der Waals surface area contributed by atoms with Gasteiger partial charge in [0.2, 0.25) is 0 Å². The molecule has 1 saturated heterocycles. The molecule has 1 aromatic heterocycles. The van der Waals surface area contributed by atoms with Crippen LogP contribution in [0.5, 0.6) is 0 Å². The van der Waals surface area contributed by atoms with E-state index in [0.29, 0.717) is 17.6 Å². The highest BCUT2D eigenvalue weighted by Gasteiger charge is 2.23. The number of likely N-dealkylation sites (tertiary alicyclic amines) is 1. The number of nitrogens with one attached hydrogen (secondary N) is 1. The molecule has 2 aromatic rings. The third-order valence-corrected chi connectivity index (χ3v) is 4.05. The highest BCUT2D eigenvalue weighted by Crippen LogP contribution is 2.24. The molecule has 1 aromatic carbocycles. The molecule has 1 aliphatic rings. The van der Waals surface area contributed by atoms with Crippen LogP contribution in [0.1, 0.15) is 18.9 Å². The summed E-state index contributed by atoms with van der Waals surface area (Å²) in [5.74, 6) is -0.314. The second kappa shape index (κ2) is 5.38. The number of hydrogen-bond donors (Lipinski definition) is 2. The molecule has 5 nitrogen and oxygen atoms in total. The Morgan fingerprint density at radius 3 is 2.80 bits per heavy atom. The average molecular weight is 278 g/mol. The molecule has 0 radical (unpaired) electrons. The summed E-state index contributed by atoms with van der Waals surface area (Å²) < 4.78 is 15.1. The Hall–Kier alpha value is -1.66. The minimum Gasteiger partial charge on any atom is -0.329 e. The second-order valence-corrected chi connectivity index (χ2v) is 5.32. The molecule has 2 heterocycles. The van der Waals surface area contributed by atoms with Crippen LogP contribution < -0.4 is 11.4 Å². The first-order valence-corrected chi connectivity index (χ1v) is 7.01. The predicted octanol–water partition coefficient (Wildman–Crippen LogP) is 1.06. The lowest BCUT2D eigenvalue weighted by Crippen LogP contribution is -2.39. The van der Waals surface area contributed by atoms with E-state index in [4.69, 9.17) is 5.73 Å². The van der Waals surface area contributed by atoms with Gasteiger partial charge >= 0.3 is 5.69 Å². The summed E-state index contributed by atoms with van der Waals surface area (Å²) in [5.41, 5.74) is 6.76. The minimum atomic E-state index is -0.314. The molecule has 20 heavy (non-hydrogen) atoms. The molecule has 0 bridgehead atoms. The smallest absolute Gasteiger partial charge is 0.326 e. The molecule has 0 atom stereocenters. The number of aromatic amines is 1. The molecule has 3 N–H and O–H groups in total. The average Bonchev–Trinajstić information content (AvgIpc) is 2.76. The highest BCUT2D eigenvalue weighted by atomic mass is 19.1. The Balaban J connectivity index is 1.89. The van der Waals surface area contributed by atoms with Crippen LogP contribution in [-0.4, -0.2) is 40.6 Å². The van der Waals surface area contributed by atoms with Gasteiger partial charge in [0, 0.05) is 32.2 Å². The summed E-state index contributed by atoms with van der Waals surface area (Å²) >= 11 is 0. The largest absolute Gasteiger partial charge is 0.329 e. The van der Waals surface area contributed by atoms with Crippen molar-refractivity contribution in [1.29, 1.82) is 0 Å². The van der Waals surface area contributed by atoms with E-state index in [9.17, 15) is 9.18 Å². The van der Waals surface area contributed by atoms with E-state index in [1.165, 1.54) is 12.1 Å².